The Morgan fingerprint density at radius 1 is 1.03 bits per heavy atom. The van der Waals surface area contributed by atoms with Crippen LogP contribution in [0.1, 0.15) is 74.7 Å². The third kappa shape index (κ3) is 8.66. The minimum Gasteiger partial charge on any atom is -0.444 e. The number of likely N-dealkylation sites (tertiary alicyclic amines) is 1. The molecule has 1 heterocycles. The molecule has 0 spiro atoms. The van der Waals surface area contributed by atoms with E-state index in [0.29, 0.717) is 19.4 Å². The summed E-state index contributed by atoms with van der Waals surface area (Å²) < 4.78 is 5.31. The van der Waals surface area contributed by atoms with E-state index in [0.717, 1.165) is 0 Å². The van der Waals surface area contributed by atoms with Crippen LogP contribution >= 0.6 is 0 Å². The largest absolute Gasteiger partial charge is 0.444 e. The van der Waals surface area contributed by atoms with E-state index in [1.54, 1.807) is 20.8 Å². The van der Waals surface area contributed by atoms with Gasteiger partial charge in [0.05, 0.1) is 6.04 Å². The Balaban J connectivity index is 3.06. The number of ether oxygens (including phenoxy) is 1. The molecule has 10 heteroatoms. The smallest absolute Gasteiger partial charge is 0.408 e. The van der Waals surface area contributed by atoms with Gasteiger partial charge in [-0.2, -0.15) is 0 Å². The van der Waals surface area contributed by atoms with Crippen molar-refractivity contribution >= 4 is 29.6 Å². The van der Waals surface area contributed by atoms with Crippen molar-refractivity contribution in [1.29, 1.82) is 0 Å². The number of rotatable bonds is 8. The second-order valence-corrected chi connectivity index (χ2v) is 11.1. The summed E-state index contributed by atoms with van der Waals surface area (Å²) in [4.78, 5) is 63.9. The number of hydrogen-bond acceptors (Lipinski definition) is 6. The monoisotopic (exact) mass is 468 g/mol. The molecule has 4 amide bonds. The molecule has 1 saturated heterocycles. The van der Waals surface area contributed by atoms with Crippen LogP contribution in [-0.2, 0) is 23.9 Å². The first-order chi connectivity index (χ1) is 14.9. The third-order valence-corrected chi connectivity index (χ3v) is 5.20. The summed E-state index contributed by atoms with van der Waals surface area (Å²) in [7, 11) is 0. The molecule has 3 atom stereocenters. The fourth-order valence-corrected chi connectivity index (χ4v) is 3.69. The van der Waals surface area contributed by atoms with Crippen molar-refractivity contribution in [2.45, 2.75) is 98.4 Å². The van der Waals surface area contributed by atoms with Gasteiger partial charge in [-0.05, 0) is 51.4 Å². The number of ketones is 1. The van der Waals surface area contributed by atoms with Gasteiger partial charge in [-0.15, -0.1) is 0 Å². The van der Waals surface area contributed by atoms with Gasteiger partial charge in [0.25, 0.3) is 5.91 Å². The minimum atomic E-state index is -1.12. The molecule has 0 saturated carbocycles. The van der Waals surface area contributed by atoms with Gasteiger partial charge in [-0.25, -0.2) is 4.79 Å². The van der Waals surface area contributed by atoms with E-state index in [2.05, 4.69) is 10.6 Å². The molecule has 0 aromatic heterocycles. The first kappa shape index (κ1) is 28.4. The number of nitrogens with two attached hydrogens (primary N) is 1. The fourth-order valence-electron chi connectivity index (χ4n) is 3.69. The van der Waals surface area contributed by atoms with E-state index in [9.17, 15) is 24.0 Å². The normalized spacial score (nSPS) is 18.5. The highest BCUT2D eigenvalue weighted by molar-refractivity contribution is 6.37. The summed E-state index contributed by atoms with van der Waals surface area (Å²) >= 11 is 0. The minimum absolute atomic E-state index is 0.0308. The van der Waals surface area contributed by atoms with Crippen LogP contribution in [0.2, 0.25) is 0 Å². The van der Waals surface area contributed by atoms with Crippen LogP contribution in [0.25, 0.3) is 0 Å². The number of nitrogens with one attached hydrogen (secondary N) is 2. The maximum atomic E-state index is 13.4. The summed E-state index contributed by atoms with van der Waals surface area (Å²) in [5, 5.41) is 5.26. The van der Waals surface area contributed by atoms with E-state index in [1.165, 1.54) is 4.90 Å². The van der Waals surface area contributed by atoms with Crippen molar-refractivity contribution < 1.29 is 28.7 Å². The first-order valence-electron chi connectivity index (χ1n) is 11.4. The van der Waals surface area contributed by atoms with E-state index in [1.807, 2.05) is 34.6 Å². The lowest BCUT2D eigenvalue weighted by molar-refractivity contribution is -0.143. The van der Waals surface area contributed by atoms with Gasteiger partial charge < -0.3 is 26.0 Å². The maximum absolute atomic E-state index is 13.4. The van der Waals surface area contributed by atoms with E-state index in [-0.39, 0.29) is 12.3 Å². The second-order valence-electron chi connectivity index (χ2n) is 11.1. The fraction of sp³-hybridized carbons (Fsp3) is 0.783. The number of alkyl carbamates (subject to hydrolysis) is 1. The first-order valence-corrected chi connectivity index (χ1v) is 11.4. The van der Waals surface area contributed by atoms with Crippen molar-refractivity contribution in [3.8, 4) is 0 Å². The molecule has 0 aromatic carbocycles. The molecule has 1 aliphatic rings. The van der Waals surface area contributed by atoms with Crippen molar-refractivity contribution in [2.75, 3.05) is 6.54 Å². The Hall–Kier alpha value is -2.65. The molecule has 33 heavy (non-hydrogen) atoms. The summed E-state index contributed by atoms with van der Waals surface area (Å²) in [5.41, 5.74) is 3.75. The lowest BCUT2D eigenvalue weighted by Crippen LogP contribution is -2.59. The topological polar surface area (TPSA) is 148 Å². The number of carbonyl (C=O) groups excluding carboxylic acids is 5. The molecule has 1 rings (SSSR count). The standard InChI is InChI=1S/C23H40N4O6/c1-13(2)12-14(16(28)18(24)29)25-19(30)15-10-9-11-27(15)20(31)17(22(3,4)5)26-21(32)33-23(6,7)8/h13-15,17H,9-12H2,1-8H3,(H2,24,29)(H,25,30)(H,26,32)/t14?,15-,17+/m0/s1. The number of Topliss-reactive ketones (excluding diaryl/α,β-unsaturated/α-hetero) is 1. The molecule has 10 nitrogen and oxygen atoms in total. The Morgan fingerprint density at radius 3 is 2.06 bits per heavy atom. The summed E-state index contributed by atoms with van der Waals surface area (Å²) in [6.45, 7) is 14.6. The molecule has 0 aliphatic carbocycles. The third-order valence-electron chi connectivity index (χ3n) is 5.20. The number of nitrogens with zero attached hydrogens (tertiary/aromatic N) is 1. The predicted octanol–water partition coefficient (Wildman–Crippen LogP) is 1.50. The average molecular weight is 469 g/mol. The maximum Gasteiger partial charge on any atom is 0.408 e. The van der Waals surface area contributed by atoms with Crippen molar-refractivity contribution in [1.82, 2.24) is 15.5 Å². The molecule has 4 N–H and O–H groups in total. The van der Waals surface area contributed by atoms with Gasteiger partial charge in [-0.1, -0.05) is 34.6 Å². The molecule has 0 aromatic rings. The summed E-state index contributed by atoms with van der Waals surface area (Å²) in [6, 6.07) is -2.80. The highest BCUT2D eigenvalue weighted by Crippen LogP contribution is 2.26. The van der Waals surface area contributed by atoms with Gasteiger partial charge >= 0.3 is 6.09 Å². The zero-order chi connectivity index (χ0) is 25.7. The van der Waals surface area contributed by atoms with Crippen molar-refractivity contribution in [3.05, 3.63) is 0 Å². The predicted molar refractivity (Wildman–Crippen MR) is 123 cm³/mol. The van der Waals surface area contributed by atoms with Crippen LogP contribution in [0.4, 0.5) is 4.79 Å². The SMILES string of the molecule is CC(C)CC(NC(=O)[C@@H]1CCCN1C(=O)[C@@H](NC(=O)OC(C)(C)C)C(C)(C)C)C(=O)C(N)=O. The van der Waals surface area contributed by atoms with E-state index in [4.69, 9.17) is 10.5 Å². The molecule has 0 radical (unpaired) electrons. The van der Waals surface area contributed by atoms with Gasteiger partial charge in [0, 0.05) is 6.54 Å². The lowest BCUT2D eigenvalue weighted by atomic mass is 9.85. The number of carbonyl (C=O) groups is 5. The molecule has 1 aliphatic heterocycles. The second kappa shape index (κ2) is 11.0. The zero-order valence-electron chi connectivity index (χ0n) is 21.1. The summed E-state index contributed by atoms with van der Waals surface area (Å²) in [6.07, 6.45) is 0.519. The van der Waals surface area contributed by atoms with Gasteiger partial charge in [0.15, 0.2) is 0 Å². The van der Waals surface area contributed by atoms with Crippen LogP contribution in [0.5, 0.6) is 0 Å². The Kier molecular flexibility index (Phi) is 9.44. The Morgan fingerprint density at radius 2 is 1.61 bits per heavy atom. The average Bonchev–Trinajstić information content (AvgIpc) is 3.11. The Labute approximate surface area is 196 Å². The van der Waals surface area contributed by atoms with Crippen LogP contribution in [-0.4, -0.2) is 64.8 Å². The lowest BCUT2D eigenvalue weighted by Gasteiger charge is -2.36. The molecular weight excluding hydrogens is 428 g/mol. The highest BCUT2D eigenvalue weighted by atomic mass is 16.6. The molecule has 0 bridgehead atoms. The Bertz CT molecular complexity index is 766. The molecule has 1 unspecified atom stereocenters. The van der Waals surface area contributed by atoms with Crippen LogP contribution in [0.3, 0.4) is 0 Å². The molecule has 188 valence electrons. The van der Waals surface area contributed by atoms with Crippen LogP contribution in [0, 0.1) is 11.3 Å². The quantitative estimate of drug-likeness (QED) is 0.460. The van der Waals surface area contributed by atoms with E-state index >= 15 is 0 Å². The molecular formula is C23H40N4O6. The highest BCUT2D eigenvalue weighted by Gasteiger charge is 2.43. The van der Waals surface area contributed by atoms with Crippen LogP contribution in [0.15, 0.2) is 0 Å². The van der Waals surface area contributed by atoms with Crippen molar-refractivity contribution in [3.63, 3.8) is 0 Å². The van der Waals surface area contributed by atoms with Gasteiger partial charge in [-0.3, -0.25) is 19.2 Å². The van der Waals surface area contributed by atoms with E-state index < -0.39 is 58.7 Å². The van der Waals surface area contributed by atoms with Gasteiger partial charge in [0.2, 0.25) is 17.6 Å². The number of hydrogen-bond donors (Lipinski definition) is 3. The molecule has 1 fully saturated rings. The van der Waals surface area contributed by atoms with Gasteiger partial charge in [0.1, 0.15) is 17.7 Å². The number of amides is 4. The van der Waals surface area contributed by atoms with Crippen molar-refractivity contribution in [2.24, 2.45) is 17.1 Å². The zero-order valence-corrected chi connectivity index (χ0v) is 21.1. The van der Waals surface area contributed by atoms with Crippen LogP contribution < -0.4 is 16.4 Å². The summed E-state index contributed by atoms with van der Waals surface area (Å²) in [5.74, 6) is -2.89. The number of primary amides is 1.